The van der Waals surface area contributed by atoms with E-state index in [0.29, 0.717) is 6.07 Å². The van der Waals surface area contributed by atoms with Crippen LogP contribution in [0.3, 0.4) is 0 Å². The lowest BCUT2D eigenvalue weighted by Gasteiger charge is -2.16. The summed E-state index contributed by atoms with van der Waals surface area (Å²) in [5.41, 5.74) is -0.654. The molecule has 0 radical (unpaired) electrons. The van der Waals surface area contributed by atoms with Crippen LogP contribution in [-0.4, -0.2) is 39.9 Å². The van der Waals surface area contributed by atoms with Gasteiger partial charge >= 0.3 is 0 Å². The predicted molar refractivity (Wildman–Crippen MR) is 113 cm³/mol. The van der Waals surface area contributed by atoms with Crippen molar-refractivity contribution in [1.82, 2.24) is 10.0 Å². The average Bonchev–Trinajstić information content (AvgIpc) is 3.29. The van der Waals surface area contributed by atoms with Gasteiger partial charge in [0.05, 0.1) is 19.3 Å². The van der Waals surface area contributed by atoms with Gasteiger partial charge in [-0.3, -0.25) is 9.59 Å². The highest BCUT2D eigenvalue weighted by molar-refractivity contribution is 7.89. The molecule has 1 aliphatic rings. The zero-order chi connectivity index (χ0) is 24.2. The van der Waals surface area contributed by atoms with Gasteiger partial charge in [0.1, 0.15) is 10.6 Å². The summed E-state index contributed by atoms with van der Waals surface area (Å²) in [5.74, 6) is -6.37. The van der Waals surface area contributed by atoms with Crippen LogP contribution in [0, 0.1) is 17.5 Å². The van der Waals surface area contributed by atoms with Gasteiger partial charge in [-0.1, -0.05) is 12.8 Å². The van der Waals surface area contributed by atoms with E-state index in [1.807, 2.05) is 5.32 Å². The van der Waals surface area contributed by atoms with E-state index in [4.69, 9.17) is 4.74 Å². The molecule has 33 heavy (non-hydrogen) atoms. The Labute approximate surface area is 188 Å². The fraction of sp³-hybridized carbons (Fsp3) is 0.333. The largest absolute Gasteiger partial charge is 0.495 e. The molecule has 0 atom stereocenters. The fourth-order valence-electron chi connectivity index (χ4n) is 3.43. The molecule has 12 heteroatoms. The highest BCUT2D eigenvalue weighted by Gasteiger charge is 2.26. The van der Waals surface area contributed by atoms with Gasteiger partial charge in [0.25, 0.3) is 5.91 Å². The molecule has 0 unspecified atom stereocenters. The quantitative estimate of drug-likeness (QED) is 0.498. The molecule has 2 amide bonds. The first-order chi connectivity index (χ1) is 15.6. The van der Waals surface area contributed by atoms with Crippen LogP contribution in [0.15, 0.2) is 35.2 Å². The molecule has 1 aliphatic carbocycles. The maximum Gasteiger partial charge on any atom is 0.251 e. The summed E-state index contributed by atoms with van der Waals surface area (Å²) in [5, 5.41) is 4.27. The van der Waals surface area contributed by atoms with Crippen molar-refractivity contribution < 1.29 is 35.9 Å². The lowest BCUT2D eigenvalue weighted by molar-refractivity contribution is -0.115. The van der Waals surface area contributed by atoms with Gasteiger partial charge in [-0.05, 0) is 43.2 Å². The third kappa shape index (κ3) is 5.82. The van der Waals surface area contributed by atoms with Crippen molar-refractivity contribution in [3.05, 3.63) is 53.3 Å². The number of amides is 2. The fourth-order valence-corrected chi connectivity index (χ4v) is 4.93. The van der Waals surface area contributed by atoms with Crippen molar-refractivity contribution in [2.24, 2.45) is 0 Å². The Morgan fingerprint density at radius 1 is 1.06 bits per heavy atom. The van der Waals surface area contributed by atoms with Gasteiger partial charge in [0.2, 0.25) is 15.9 Å². The number of carbonyl (C=O) groups excluding carboxylic acids is 2. The molecule has 0 heterocycles. The van der Waals surface area contributed by atoms with Crippen LogP contribution in [0.4, 0.5) is 18.9 Å². The van der Waals surface area contributed by atoms with E-state index >= 15 is 0 Å². The number of benzene rings is 2. The zero-order valence-corrected chi connectivity index (χ0v) is 18.4. The molecule has 1 saturated carbocycles. The van der Waals surface area contributed by atoms with Crippen LogP contribution < -0.4 is 20.1 Å². The zero-order valence-electron chi connectivity index (χ0n) is 17.6. The summed E-state index contributed by atoms with van der Waals surface area (Å²) in [6.45, 7) is -0.633. The van der Waals surface area contributed by atoms with Crippen molar-refractivity contribution in [3.63, 3.8) is 0 Å². The monoisotopic (exact) mass is 485 g/mol. The van der Waals surface area contributed by atoms with E-state index in [9.17, 15) is 31.2 Å². The minimum Gasteiger partial charge on any atom is -0.495 e. The lowest BCUT2D eigenvalue weighted by Crippen LogP contribution is -2.34. The van der Waals surface area contributed by atoms with Crippen molar-refractivity contribution >= 4 is 27.5 Å². The molecule has 178 valence electrons. The van der Waals surface area contributed by atoms with Crippen molar-refractivity contribution in [3.8, 4) is 5.75 Å². The first kappa shape index (κ1) is 24.5. The van der Waals surface area contributed by atoms with Gasteiger partial charge < -0.3 is 15.4 Å². The van der Waals surface area contributed by atoms with Crippen LogP contribution in [0.5, 0.6) is 5.75 Å². The van der Waals surface area contributed by atoms with Gasteiger partial charge in [-0.15, -0.1) is 0 Å². The molecular formula is C21H22F3N3O5S. The molecule has 3 rings (SSSR count). The number of rotatable bonds is 8. The molecular weight excluding hydrogens is 463 g/mol. The maximum absolute atomic E-state index is 13.7. The van der Waals surface area contributed by atoms with E-state index in [2.05, 4.69) is 10.0 Å². The first-order valence-electron chi connectivity index (χ1n) is 10.0. The Bertz CT molecular complexity index is 1170. The second-order valence-electron chi connectivity index (χ2n) is 7.42. The molecule has 0 bridgehead atoms. The number of anilines is 1. The van der Waals surface area contributed by atoms with Crippen molar-refractivity contribution in [2.75, 3.05) is 19.0 Å². The molecule has 2 aromatic carbocycles. The average molecular weight is 485 g/mol. The lowest BCUT2D eigenvalue weighted by atomic mass is 10.2. The Morgan fingerprint density at radius 3 is 2.42 bits per heavy atom. The molecule has 0 spiro atoms. The van der Waals surface area contributed by atoms with Crippen LogP contribution in [0.2, 0.25) is 0 Å². The van der Waals surface area contributed by atoms with Crippen LogP contribution in [0.25, 0.3) is 0 Å². The normalized spacial score (nSPS) is 14.2. The summed E-state index contributed by atoms with van der Waals surface area (Å²) >= 11 is 0. The third-order valence-electron chi connectivity index (χ3n) is 5.11. The smallest absolute Gasteiger partial charge is 0.251 e. The standard InChI is InChI=1S/C21H22F3N3O5S/c1-32-16-9-6-12(10-17(16)33(30,31)27-13-4-2-3-5-13)21(29)25-11-18(28)26-15-8-7-14(22)19(23)20(15)24/h6-10,13,27H,2-5,11H2,1H3,(H,25,29)(H,26,28). The topological polar surface area (TPSA) is 114 Å². The number of nitrogens with one attached hydrogen (secondary N) is 3. The Balaban J connectivity index is 1.69. The number of ether oxygens (including phenoxy) is 1. The number of halogens is 3. The Morgan fingerprint density at radius 2 is 1.76 bits per heavy atom. The number of carbonyl (C=O) groups is 2. The minimum atomic E-state index is -3.97. The molecule has 1 fully saturated rings. The second-order valence-corrected chi connectivity index (χ2v) is 9.10. The number of hydrogen-bond acceptors (Lipinski definition) is 5. The maximum atomic E-state index is 13.7. The van der Waals surface area contributed by atoms with Gasteiger partial charge in [0.15, 0.2) is 17.5 Å². The second kappa shape index (κ2) is 10.2. The van der Waals surface area contributed by atoms with Gasteiger partial charge in [-0.25, -0.2) is 26.3 Å². The van der Waals surface area contributed by atoms with E-state index < -0.39 is 51.5 Å². The SMILES string of the molecule is COc1ccc(C(=O)NCC(=O)Nc2ccc(F)c(F)c2F)cc1S(=O)(=O)NC1CCCC1. The summed E-state index contributed by atoms with van der Waals surface area (Å²) in [6.07, 6.45) is 3.28. The van der Waals surface area contributed by atoms with Crippen LogP contribution in [-0.2, 0) is 14.8 Å². The summed E-state index contributed by atoms with van der Waals surface area (Å²) in [6, 6.07) is 5.04. The number of hydrogen-bond donors (Lipinski definition) is 3. The Kier molecular flexibility index (Phi) is 7.59. The van der Waals surface area contributed by atoms with E-state index in [-0.39, 0.29) is 22.3 Å². The first-order valence-corrected chi connectivity index (χ1v) is 11.5. The van der Waals surface area contributed by atoms with Crippen LogP contribution >= 0.6 is 0 Å². The minimum absolute atomic E-state index is 0.0450. The summed E-state index contributed by atoms with van der Waals surface area (Å²) in [7, 11) is -2.67. The molecule has 0 saturated heterocycles. The molecule has 0 aliphatic heterocycles. The third-order valence-corrected chi connectivity index (χ3v) is 6.65. The van der Waals surface area contributed by atoms with E-state index in [1.54, 1.807) is 0 Å². The predicted octanol–water partition coefficient (Wildman–Crippen LogP) is 2.70. The molecule has 3 N–H and O–H groups in total. The van der Waals surface area contributed by atoms with Crippen molar-refractivity contribution in [1.29, 1.82) is 0 Å². The number of sulfonamides is 1. The van der Waals surface area contributed by atoms with Gasteiger partial charge in [-0.2, -0.15) is 0 Å². The molecule has 8 nitrogen and oxygen atoms in total. The van der Waals surface area contributed by atoms with E-state index in [0.717, 1.165) is 37.8 Å². The van der Waals surface area contributed by atoms with Crippen molar-refractivity contribution in [2.45, 2.75) is 36.6 Å². The molecule has 2 aromatic rings. The van der Waals surface area contributed by atoms with E-state index in [1.165, 1.54) is 19.2 Å². The summed E-state index contributed by atoms with van der Waals surface area (Å²) < 4.78 is 73.3. The highest BCUT2D eigenvalue weighted by atomic mass is 32.2. The number of methoxy groups -OCH3 is 1. The van der Waals surface area contributed by atoms with Crippen LogP contribution in [0.1, 0.15) is 36.0 Å². The summed E-state index contributed by atoms with van der Waals surface area (Å²) in [4.78, 5) is 24.2. The highest BCUT2D eigenvalue weighted by Crippen LogP contribution is 2.27. The Hall–Kier alpha value is -3.12. The van der Waals surface area contributed by atoms with Gasteiger partial charge in [0, 0.05) is 11.6 Å². The molecule has 0 aromatic heterocycles.